The average molecular weight is 1030 g/mol. The van der Waals surface area contributed by atoms with Crippen LogP contribution in [-0.2, 0) is 20.1 Å². The van der Waals surface area contributed by atoms with E-state index in [1.807, 2.05) is 36.7 Å². The van der Waals surface area contributed by atoms with Gasteiger partial charge in [0.15, 0.2) is 0 Å². The number of nitrogens with zero attached hydrogens (tertiary/aromatic N) is 4. The number of imidazole rings is 1. The molecule has 0 saturated carbocycles. The van der Waals surface area contributed by atoms with Gasteiger partial charge in [-0.25, -0.2) is 0 Å². The molecule has 0 bridgehead atoms. The molecule has 0 amide bonds. The summed E-state index contributed by atoms with van der Waals surface area (Å²) < 4.78 is 13.2. The minimum Gasteiger partial charge on any atom is -0.456 e. The Morgan fingerprint density at radius 1 is 0.455 bits per heavy atom. The Kier molecular flexibility index (Phi) is 10.3. The number of para-hydroxylation sites is 4. The second kappa shape index (κ2) is 16.7. The van der Waals surface area contributed by atoms with Gasteiger partial charge in [0.25, 0.3) is 0 Å². The molecule has 0 aliphatic carbocycles. The quantitative estimate of drug-likeness (QED) is 0.161. The topological polar surface area (TPSA) is 40.8 Å². The first kappa shape index (κ1) is 41.0. The third-order valence-electron chi connectivity index (χ3n) is 12.8. The zero-order valence-corrected chi connectivity index (χ0v) is 39.1. The van der Waals surface area contributed by atoms with Crippen molar-refractivity contribution in [2.45, 2.75) is 20.8 Å². The molecule has 0 spiro atoms. The fourth-order valence-electron chi connectivity index (χ4n) is 10.1. The molecule has 1 radical (unpaired) electrons. The third kappa shape index (κ3) is 6.85. The van der Waals surface area contributed by atoms with Crippen molar-refractivity contribution in [3.8, 4) is 39.6 Å². The summed E-state index contributed by atoms with van der Waals surface area (Å²) in [5, 5.41) is 7.26. The first-order valence-electron chi connectivity index (χ1n) is 22.1. The van der Waals surface area contributed by atoms with Crippen molar-refractivity contribution >= 4 is 65.6 Å². The molecule has 319 valence electrons. The maximum absolute atomic E-state index is 6.36. The number of aromatic nitrogens is 4. The minimum absolute atomic E-state index is 0. The van der Waals surface area contributed by atoms with Gasteiger partial charge in [-0.15, -0.1) is 35.9 Å². The van der Waals surface area contributed by atoms with Gasteiger partial charge in [-0.3, -0.25) is 4.98 Å². The van der Waals surface area contributed by atoms with E-state index in [-0.39, 0.29) is 20.1 Å². The van der Waals surface area contributed by atoms with Crippen LogP contribution in [-0.4, -0.2) is 18.7 Å². The van der Waals surface area contributed by atoms with E-state index in [1.54, 1.807) is 0 Å². The van der Waals surface area contributed by atoms with Gasteiger partial charge in [0.1, 0.15) is 11.2 Å². The van der Waals surface area contributed by atoms with Gasteiger partial charge in [0.05, 0.1) is 27.9 Å². The Bertz CT molecular complexity index is 3850. The van der Waals surface area contributed by atoms with Crippen molar-refractivity contribution in [1.29, 1.82) is 0 Å². The minimum atomic E-state index is 0. The summed E-state index contributed by atoms with van der Waals surface area (Å²) in [5.41, 5.74) is 17.3. The Morgan fingerprint density at radius 2 is 0.985 bits per heavy atom. The second-order valence-electron chi connectivity index (χ2n) is 16.9. The maximum Gasteiger partial charge on any atom is 0.135 e. The summed E-state index contributed by atoms with van der Waals surface area (Å²) in [5.74, 6) is 0.931. The zero-order chi connectivity index (χ0) is 43.6. The molecule has 5 nitrogen and oxygen atoms in total. The largest absolute Gasteiger partial charge is 0.456 e. The summed E-state index contributed by atoms with van der Waals surface area (Å²) in [4.78, 5) is 4.50. The molecule has 4 aromatic heterocycles. The molecule has 9 aromatic carbocycles. The predicted molar refractivity (Wildman–Crippen MR) is 270 cm³/mol. The van der Waals surface area contributed by atoms with Gasteiger partial charge < -0.3 is 18.1 Å². The molecular formula is C60H43IrN4O-. The Labute approximate surface area is 396 Å². The van der Waals surface area contributed by atoms with Crippen LogP contribution >= 0.6 is 0 Å². The first-order valence-corrected chi connectivity index (χ1v) is 22.1. The summed E-state index contributed by atoms with van der Waals surface area (Å²) in [6, 6.07) is 72.2. The number of hydrogen-bond donors (Lipinski definition) is 0. The van der Waals surface area contributed by atoms with Crippen molar-refractivity contribution < 1.29 is 24.5 Å². The van der Waals surface area contributed by atoms with E-state index in [9.17, 15) is 0 Å². The standard InChI is InChI=1S/C42H26N2O.C18H17N2.Ir/c1-2-10-29(11-3-1)43-39-17-9-6-14-33(39)34-24-27(18-21-40(34)43)28-19-22-41-35(25-28)36-26-30(20-23-42(36)45-41)44-37-15-7-4-12-31(37)32-13-5-8-16-38(32)44;1-13-11-14(2)17(15(3)12-13)20-10-9-19-18(20)16-7-5-4-6-8-16;/h1-26H;4-7,9-12H,1-3H3;/q;-1;. The van der Waals surface area contributed by atoms with Gasteiger partial charge >= 0.3 is 0 Å². The van der Waals surface area contributed by atoms with Crippen LogP contribution in [0.2, 0.25) is 0 Å². The Balaban J connectivity index is 0.000000193. The van der Waals surface area contributed by atoms with E-state index in [2.05, 4.69) is 215 Å². The molecule has 0 atom stereocenters. The molecule has 0 fully saturated rings. The number of aryl methyl sites for hydroxylation is 3. The molecule has 0 unspecified atom stereocenters. The van der Waals surface area contributed by atoms with Crippen molar-refractivity contribution in [3.05, 3.63) is 229 Å². The van der Waals surface area contributed by atoms with E-state index in [0.717, 1.165) is 39.0 Å². The number of rotatable bonds is 5. The maximum atomic E-state index is 6.36. The van der Waals surface area contributed by atoms with Gasteiger partial charge in [0.2, 0.25) is 0 Å². The van der Waals surface area contributed by atoms with Crippen LogP contribution < -0.4 is 0 Å². The monoisotopic (exact) mass is 1030 g/mol. The predicted octanol–water partition coefficient (Wildman–Crippen LogP) is 15.7. The van der Waals surface area contributed by atoms with Crippen molar-refractivity contribution in [3.63, 3.8) is 0 Å². The number of hydrogen-bond acceptors (Lipinski definition) is 2. The van der Waals surface area contributed by atoms with E-state index in [1.165, 1.54) is 82.8 Å². The smallest absolute Gasteiger partial charge is 0.135 e. The van der Waals surface area contributed by atoms with Gasteiger partial charge in [-0.2, -0.15) is 0 Å². The molecule has 4 heterocycles. The normalized spacial score (nSPS) is 11.4. The molecule has 0 N–H and O–H groups in total. The summed E-state index contributed by atoms with van der Waals surface area (Å²) >= 11 is 0. The first-order chi connectivity index (χ1) is 32.0. The number of fused-ring (bicyclic) bond motifs is 9. The van der Waals surface area contributed by atoms with Crippen LogP contribution in [0, 0.1) is 26.8 Å². The Hall–Kier alpha value is -7.76. The summed E-state index contributed by atoms with van der Waals surface area (Å²) in [6.45, 7) is 6.42. The van der Waals surface area contributed by atoms with E-state index in [0.29, 0.717) is 0 Å². The number of benzene rings is 9. The average Bonchev–Trinajstić information content (AvgIpc) is 4.13. The van der Waals surface area contributed by atoms with Crippen LogP contribution in [0.25, 0.3) is 105 Å². The van der Waals surface area contributed by atoms with Crippen LogP contribution in [0.1, 0.15) is 16.7 Å². The van der Waals surface area contributed by atoms with Crippen LogP contribution in [0.4, 0.5) is 0 Å². The van der Waals surface area contributed by atoms with E-state index >= 15 is 0 Å². The fraction of sp³-hybridized carbons (Fsp3) is 0.0500. The van der Waals surface area contributed by atoms with Crippen LogP contribution in [0.15, 0.2) is 211 Å². The van der Waals surface area contributed by atoms with E-state index in [4.69, 9.17) is 4.42 Å². The Morgan fingerprint density at radius 3 is 1.64 bits per heavy atom. The van der Waals surface area contributed by atoms with Crippen LogP contribution in [0.3, 0.4) is 0 Å². The van der Waals surface area contributed by atoms with E-state index < -0.39 is 0 Å². The van der Waals surface area contributed by atoms with Gasteiger partial charge in [-0.05, 0) is 116 Å². The van der Waals surface area contributed by atoms with Crippen molar-refractivity contribution in [2.75, 3.05) is 0 Å². The van der Waals surface area contributed by atoms with Crippen molar-refractivity contribution in [1.82, 2.24) is 18.7 Å². The molecule has 0 aliphatic rings. The SMILES string of the molecule is Cc1cc(C)c(-n2ccnc2-c2[c-]cccc2)c(C)c1.[Ir].c1ccc(-n2c3ccccc3c3cc(-c4ccc5oc6ccc(-n7c8ccccc8c8ccccc87)cc6c5c4)ccc32)cc1. The van der Waals surface area contributed by atoms with Gasteiger partial charge in [0, 0.05) is 81.9 Å². The molecule has 13 rings (SSSR count). The molecule has 13 aromatic rings. The van der Waals surface area contributed by atoms with Crippen molar-refractivity contribution in [2.24, 2.45) is 0 Å². The van der Waals surface area contributed by atoms with Gasteiger partial charge in [-0.1, -0.05) is 103 Å². The zero-order valence-electron chi connectivity index (χ0n) is 36.7. The fourth-order valence-corrected chi connectivity index (χ4v) is 10.1. The number of furan rings is 1. The molecule has 0 aliphatic heterocycles. The molecule has 0 saturated heterocycles. The summed E-state index contributed by atoms with van der Waals surface area (Å²) in [6.07, 6.45) is 3.86. The molecule has 66 heavy (non-hydrogen) atoms. The molecular weight excluding hydrogens is 985 g/mol. The summed E-state index contributed by atoms with van der Waals surface area (Å²) in [7, 11) is 0. The third-order valence-corrected chi connectivity index (χ3v) is 12.8. The second-order valence-corrected chi connectivity index (χ2v) is 16.9. The molecule has 6 heteroatoms. The van der Waals surface area contributed by atoms with Crippen LogP contribution in [0.5, 0.6) is 0 Å².